The number of fused-ring (bicyclic) bond motifs is 3. The lowest BCUT2D eigenvalue weighted by Gasteiger charge is -2.56. The second-order valence-electron chi connectivity index (χ2n) is 8.99. The predicted molar refractivity (Wildman–Crippen MR) is 92.1 cm³/mol. The van der Waals surface area contributed by atoms with Gasteiger partial charge in [-0.1, -0.05) is 13.0 Å². The molecule has 0 saturated heterocycles. The van der Waals surface area contributed by atoms with Gasteiger partial charge >= 0.3 is 0 Å². The Morgan fingerprint density at radius 2 is 2.00 bits per heavy atom. The van der Waals surface area contributed by atoms with Gasteiger partial charge in [0.25, 0.3) is 0 Å². The second kappa shape index (κ2) is 4.56. The maximum absolute atomic E-state index is 11.2. The fourth-order valence-corrected chi connectivity index (χ4v) is 7.46. The molecule has 0 spiro atoms. The van der Waals surface area contributed by atoms with Crippen molar-refractivity contribution in [3.05, 3.63) is 29.3 Å². The van der Waals surface area contributed by atoms with Crippen molar-refractivity contribution in [2.24, 2.45) is 16.7 Å². The summed E-state index contributed by atoms with van der Waals surface area (Å²) >= 11 is 0. The third-order valence-corrected chi connectivity index (χ3v) is 8.74. The van der Waals surface area contributed by atoms with Gasteiger partial charge in [0.1, 0.15) is 5.75 Å². The maximum Gasteiger partial charge on any atom is 0.119 e. The van der Waals surface area contributed by atoms with Crippen LogP contribution in [0.5, 0.6) is 5.75 Å². The SMILES string of the molecule is COc1ccc2c(c1)CC[C@@H]1[C@@H]2CC[C@@]2(C)[C@]13CC[C@]2(O)[C@H](O)C3. The van der Waals surface area contributed by atoms with Crippen LogP contribution in [-0.2, 0) is 6.42 Å². The summed E-state index contributed by atoms with van der Waals surface area (Å²) in [6.07, 6.45) is 6.58. The van der Waals surface area contributed by atoms with Gasteiger partial charge in [0.05, 0.1) is 18.8 Å². The van der Waals surface area contributed by atoms with Crippen LogP contribution in [0.1, 0.15) is 62.5 Å². The number of aryl methyl sites for hydroxylation is 1. The van der Waals surface area contributed by atoms with E-state index in [1.54, 1.807) is 7.11 Å². The molecule has 5 rings (SSSR count). The Bertz CT molecular complexity index is 700. The van der Waals surface area contributed by atoms with Crippen molar-refractivity contribution in [3.8, 4) is 5.75 Å². The summed E-state index contributed by atoms with van der Waals surface area (Å²) in [5, 5.41) is 21.9. The van der Waals surface area contributed by atoms with Crippen LogP contribution >= 0.6 is 0 Å². The second-order valence-corrected chi connectivity index (χ2v) is 8.99. The Morgan fingerprint density at radius 3 is 2.75 bits per heavy atom. The van der Waals surface area contributed by atoms with Gasteiger partial charge in [0.2, 0.25) is 0 Å². The Kier molecular flexibility index (Phi) is 2.89. The molecular weight excluding hydrogens is 300 g/mol. The Labute approximate surface area is 144 Å². The fraction of sp³-hybridized carbons (Fsp3) is 0.714. The zero-order valence-corrected chi connectivity index (χ0v) is 14.7. The minimum atomic E-state index is -0.849. The van der Waals surface area contributed by atoms with Crippen molar-refractivity contribution in [2.75, 3.05) is 7.11 Å². The molecule has 0 heterocycles. The molecule has 24 heavy (non-hydrogen) atoms. The van der Waals surface area contributed by atoms with Gasteiger partial charge in [-0.25, -0.2) is 0 Å². The van der Waals surface area contributed by atoms with Gasteiger partial charge in [-0.05, 0) is 85.5 Å². The number of rotatable bonds is 1. The van der Waals surface area contributed by atoms with Crippen LogP contribution in [0.2, 0.25) is 0 Å². The molecule has 3 saturated carbocycles. The van der Waals surface area contributed by atoms with Gasteiger partial charge in [-0.3, -0.25) is 0 Å². The van der Waals surface area contributed by atoms with E-state index in [1.165, 1.54) is 17.5 Å². The number of aliphatic hydroxyl groups is 2. The molecule has 0 radical (unpaired) electrons. The minimum absolute atomic E-state index is 0.107. The molecule has 2 N–H and O–H groups in total. The highest BCUT2D eigenvalue weighted by atomic mass is 16.5. The number of hydrogen-bond donors (Lipinski definition) is 2. The molecule has 3 fully saturated rings. The van der Waals surface area contributed by atoms with Gasteiger partial charge in [-0.15, -0.1) is 0 Å². The normalized spacial score (nSPS) is 48.6. The molecular formula is C21H28O3. The highest BCUT2D eigenvalue weighted by Gasteiger charge is 2.76. The summed E-state index contributed by atoms with van der Waals surface area (Å²) in [6.45, 7) is 2.27. The Hall–Kier alpha value is -1.06. The van der Waals surface area contributed by atoms with Crippen molar-refractivity contribution in [1.29, 1.82) is 0 Å². The van der Waals surface area contributed by atoms with Crippen LogP contribution in [-0.4, -0.2) is 29.0 Å². The molecule has 1 aromatic rings. The molecule has 0 aliphatic heterocycles. The smallest absolute Gasteiger partial charge is 0.119 e. The quantitative estimate of drug-likeness (QED) is 0.830. The molecule has 3 nitrogen and oxygen atoms in total. The number of benzene rings is 1. The summed E-state index contributed by atoms with van der Waals surface area (Å²) < 4.78 is 5.41. The summed E-state index contributed by atoms with van der Waals surface area (Å²) in [5.41, 5.74) is 2.12. The van der Waals surface area contributed by atoms with E-state index in [0.29, 0.717) is 11.8 Å². The molecule has 6 atom stereocenters. The van der Waals surface area contributed by atoms with E-state index in [2.05, 4.69) is 25.1 Å². The van der Waals surface area contributed by atoms with Crippen molar-refractivity contribution in [2.45, 2.75) is 69.5 Å². The van der Waals surface area contributed by atoms with Crippen LogP contribution in [0.3, 0.4) is 0 Å². The van der Waals surface area contributed by atoms with Gasteiger partial charge in [-0.2, -0.15) is 0 Å². The van der Waals surface area contributed by atoms with Crippen LogP contribution < -0.4 is 4.74 Å². The Morgan fingerprint density at radius 1 is 1.17 bits per heavy atom. The average molecular weight is 328 g/mol. The van der Waals surface area contributed by atoms with Crippen LogP contribution in [0.15, 0.2) is 18.2 Å². The van der Waals surface area contributed by atoms with E-state index < -0.39 is 11.7 Å². The molecule has 1 aromatic carbocycles. The third kappa shape index (κ3) is 1.48. The molecule has 4 aliphatic carbocycles. The molecule has 0 amide bonds. The van der Waals surface area contributed by atoms with E-state index in [0.717, 1.165) is 44.3 Å². The van der Waals surface area contributed by atoms with Crippen LogP contribution in [0.25, 0.3) is 0 Å². The fourth-order valence-electron chi connectivity index (χ4n) is 7.46. The molecule has 3 heteroatoms. The summed E-state index contributed by atoms with van der Waals surface area (Å²) in [6, 6.07) is 6.59. The monoisotopic (exact) mass is 328 g/mol. The van der Waals surface area contributed by atoms with Crippen molar-refractivity contribution in [1.82, 2.24) is 0 Å². The van der Waals surface area contributed by atoms with Crippen molar-refractivity contribution < 1.29 is 14.9 Å². The van der Waals surface area contributed by atoms with Gasteiger partial charge < -0.3 is 14.9 Å². The zero-order chi connectivity index (χ0) is 16.7. The number of ether oxygens (including phenoxy) is 1. The lowest BCUT2D eigenvalue weighted by atomic mass is 9.48. The van der Waals surface area contributed by atoms with E-state index in [1.807, 2.05) is 0 Å². The van der Waals surface area contributed by atoms with Crippen LogP contribution in [0.4, 0.5) is 0 Å². The number of aliphatic hydroxyl groups excluding tert-OH is 1. The van der Waals surface area contributed by atoms with E-state index in [4.69, 9.17) is 4.74 Å². The molecule has 2 bridgehead atoms. The molecule has 0 unspecified atom stereocenters. The van der Waals surface area contributed by atoms with E-state index >= 15 is 0 Å². The molecule has 130 valence electrons. The number of hydrogen-bond acceptors (Lipinski definition) is 3. The first-order valence-electron chi connectivity index (χ1n) is 9.52. The number of methoxy groups -OCH3 is 1. The van der Waals surface area contributed by atoms with Crippen molar-refractivity contribution >= 4 is 0 Å². The summed E-state index contributed by atoms with van der Waals surface area (Å²) in [7, 11) is 1.73. The highest BCUT2D eigenvalue weighted by Crippen LogP contribution is 2.77. The van der Waals surface area contributed by atoms with E-state index in [-0.39, 0.29) is 10.8 Å². The zero-order valence-electron chi connectivity index (χ0n) is 14.7. The highest BCUT2D eigenvalue weighted by molar-refractivity contribution is 5.42. The molecule has 0 aromatic heterocycles. The van der Waals surface area contributed by atoms with Gasteiger partial charge in [0, 0.05) is 5.41 Å². The van der Waals surface area contributed by atoms with E-state index in [9.17, 15) is 10.2 Å². The van der Waals surface area contributed by atoms with Crippen LogP contribution in [0, 0.1) is 16.7 Å². The lowest BCUT2D eigenvalue weighted by Crippen LogP contribution is -2.53. The Balaban J connectivity index is 1.59. The average Bonchev–Trinajstić information content (AvgIpc) is 2.93. The maximum atomic E-state index is 11.2. The predicted octanol–water partition coefficient (Wildman–Crippen LogP) is 3.42. The lowest BCUT2D eigenvalue weighted by molar-refractivity contribution is -0.129. The largest absolute Gasteiger partial charge is 0.497 e. The van der Waals surface area contributed by atoms with Gasteiger partial charge in [0.15, 0.2) is 0 Å². The summed E-state index contributed by atoms with van der Waals surface area (Å²) in [4.78, 5) is 0. The first-order valence-corrected chi connectivity index (χ1v) is 9.52. The summed E-state index contributed by atoms with van der Waals surface area (Å²) in [5.74, 6) is 2.14. The first-order chi connectivity index (χ1) is 11.5. The molecule has 4 aliphatic rings. The third-order valence-electron chi connectivity index (χ3n) is 8.74. The standard InChI is InChI=1S/C21H28O3/c1-19-8-7-16-15-5-4-14(24-2)11-13(15)3-6-17(16)20(19)9-10-21(19,23)18(22)12-20/h4-5,11,16-18,22-23H,3,6-10,12H2,1-2H3/t16-,17-,18-,19+,20+,21+/m1/s1. The topological polar surface area (TPSA) is 49.7 Å². The minimum Gasteiger partial charge on any atom is -0.497 e. The first kappa shape index (κ1) is 15.2. The van der Waals surface area contributed by atoms with Crippen molar-refractivity contribution in [3.63, 3.8) is 0 Å².